The summed E-state index contributed by atoms with van der Waals surface area (Å²) in [6.45, 7) is 0.505. The van der Waals surface area contributed by atoms with E-state index in [0.29, 0.717) is 17.8 Å². The van der Waals surface area contributed by atoms with Crippen LogP contribution < -0.4 is 5.32 Å². The Morgan fingerprint density at radius 3 is 3.00 bits per heavy atom. The minimum atomic E-state index is -0.561. The minimum absolute atomic E-state index is 0.0895. The molecule has 4 nitrogen and oxygen atoms in total. The number of hydrogen-bond acceptors (Lipinski definition) is 3. The van der Waals surface area contributed by atoms with Crippen LogP contribution in [0.15, 0.2) is 35.7 Å². The van der Waals surface area contributed by atoms with Crippen LogP contribution in [0.1, 0.15) is 22.8 Å². The highest BCUT2D eigenvalue weighted by atomic mass is 32.1. The maximum absolute atomic E-state index is 13.3. The van der Waals surface area contributed by atoms with Crippen molar-refractivity contribution in [2.75, 3.05) is 12.4 Å². The van der Waals surface area contributed by atoms with Crippen molar-refractivity contribution >= 4 is 28.8 Å². The summed E-state index contributed by atoms with van der Waals surface area (Å²) < 4.78 is 13.3. The Bertz CT molecular complexity index is 715. The Balaban J connectivity index is 1.85. The van der Waals surface area contributed by atoms with Crippen LogP contribution in [0.4, 0.5) is 10.1 Å². The first-order valence-corrected chi connectivity index (χ1v) is 7.79. The van der Waals surface area contributed by atoms with E-state index in [-0.39, 0.29) is 18.2 Å². The van der Waals surface area contributed by atoms with Crippen LogP contribution in [0.25, 0.3) is 0 Å². The van der Waals surface area contributed by atoms with Crippen molar-refractivity contribution < 1.29 is 14.0 Å². The van der Waals surface area contributed by atoms with Crippen molar-refractivity contribution in [2.45, 2.75) is 18.9 Å². The Morgan fingerprint density at radius 2 is 2.27 bits per heavy atom. The molecule has 22 heavy (non-hydrogen) atoms. The lowest BCUT2D eigenvalue weighted by atomic mass is 9.89. The van der Waals surface area contributed by atoms with Gasteiger partial charge in [-0.2, -0.15) is 0 Å². The van der Waals surface area contributed by atoms with E-state index in [1.165, 1.54) is 12.1 Å². The predicted octanol–water partition coefficient (Wildman–Crippen LogP) is 2.97. The third-order valence-corrected chi connectivity index (χ3v) is 4.56. The highest BCUT2D eigenvalue weighted by Crippen LogP contribution is 2.34. The van der Waals surface area contributed by atoms with Gasteiger partial charge in [0.15, 0.2) is 0 Å². The van der Waals surface area contributed by atoms with Gasteiger partial charge < -0.3 is 10.2 Å². The average Bonchev–Trinajstić information content (AvgIpc) is 2.98. The third kappa shape index (κ3) is 2.87. The molecule has 0 radical (unpaired) electrons. The van der Waals surface area contributed by atoms with Crippen LogP contribution in [0.2, 0.25) is 0 Å². The molecule has 1 unspecified atom stereocenters. The zero-order valence-electron chi connectivity index (χ0n) is 12.0. The minimum Gasteiger partial charge on any atom is -0.340 e. The lowest BCUT2D eigenvalue weighted by Gasteiger charge is -2.28. The molecule has 2 aromatic rings. The van der Waals surface area contributed by atoms with E-state index >= 15 is 0 Å². The van der Waals surface area contributed by atoms with Gasteiger partial charge >= 0.3 is 0 Å². The fourth-order valence-corrected chi connectivity index (χ4v) is 3.40. The van der Waals surface area contributed by atoms with Crippen LogP contribution in [-0.2, 0) is 16.1 Å². The molecule has 114 valence electrons. The summed E-state index contributed by atoms with van der Waals surface area (Å²) in [6, 6.07) is 8.04. The van der Waals surface area contributed by atoms with Crippen molar-refractivity contribution in [3.8, 4) is 0 Å². The molecule has 0 bridgehead atoms. The Morgan fingerprint density at radius 1 is 1.45 bits per heavy atom. The molecule has 1 atom stereocenters. The molecule has 3 rings (SSSR count). The topological polar surface area (TPSA) is 49.4 Å². The first kappa shape index (κ1) is 14.7. The van der Waals surface area contributed by atoms with E-state index in [9.17, 15) is 14.0 Å². The van der Waals surface area contributed by atoms with Crippen LogP contribution in [0, 0.1) is 5.82 Å². The van der Waals surface area contributed by atoms with E-state index in [2.05, 4.69) is 5.32 Å². The molecule has 0 fully saturated rings. The number of rotatable bonds is 3. The number of benzene rings is 1. The molecule has 1 aliphatic heterocycles. The van der Waals surface area contributed by atoms with Gasteiger partial charge in [0.05, 0.1) is 12.5 Å². The van der Waals surface area contributed by atoms with E-state index in [1.807, 2.05) is 17.5 Å². The van der Waals surface area contributed by atoms with Gasteiger partial charge in [-0.1, -0.05) is 12.1 Å². The van der Waals surface area contributed by atoms with Gasteiger partial charge in [-0.15, -0.1) is 11.3 Å². The molecule has 1 aromatic heterocycles. The molecule has 1 aliphatic rings. The zero-order valence-corrected chi connectivity index (χ0v) is 12.8. The molecule has 0 saturated heterocycles. The lowest BCUT2D eigenvalue weighted by molar-refractivity contribution is -0.134. The molecular formula is C16H15FN2O2S. The number of nitrogens with one attached hydrogen (secondary N) is 1. The predicted molar refractivity (Wildman–Crippen MR) is 83.2 cm³/mol. The van der Waals surface area contributed by atoms with Gasteiger partial charge in [0.1, 0.15) is 5.82 Å². The van der Waals surface area contributed by atoms with Gasteiger partial charge in [0.25, 0.3) is 0 Å². The van der Waals surface area contributed by atoms with Gasteiger partial charge in [0, 0.05) is 24.0 Å². The first-order valence-electron chi connectivity index (χ1n) is 6.91. The maximum atomic E-state index is 13.3. The second-order valence-electron chi connectivity index (χ2n) is 5.31. The normalized spacial score (nSPS) is 16.8. The van der Waals surface area contributed by atoms with Crippen LogP contribution in [-0.4, -0.2) is 23.8 Å². The Kier molecular flexibility index (Phi) is 3.94. The van der Waals surface area contributed by atoms with Crippen molar-refractivity contribution in [1.29, 1.82) is 0 Å². The summed E-state index contributed by atoms with van der Waals surface area (Å²) in [6.07, 6.45) is 0.0895. The zero-order chi connectivity index (χ0) is 15.7. The number of amides is 2. The smallest absolute Gasteiger partial charge is 0.230 e. The molecule has 6 heteroatoms. The van der Waals surface area contributed by atoms with E-state index in [1.54, 1.807) is 29.4 Å². The number of likely N-dealkylation sites (N-methyl/N-ethyl adjacent to an activating group) is 1. The number of carbonyl (C=O) groups is 2. The highest BCUT2D eigenvalue weighted by molar-refractivity contribution is 7.09. The number of anilines is 1. The number of carbonyl (C=O) groups excluding carboxylic acids is 2. The standard InChI is InChI=1S/C16H15FN2O2S/c1-19(9-11-3-2-6-22-11)16(21)13-8-15(20)18-14-7-10(17)4-5-12(13)14/h2-7,13H,8-9H2,1H3,(H,18,20). The molecular weight excluding hydrogens is 303 g/mol. The Hall–Kier alpha value is -2.21. The third-order valence-electron chi connectivity index (χ3n) is 3.70. The summed E-state index contributed by atoms with van der Waals surface area (Å²) >= 11 is 1.58. The van der Waals surface area contributed by atoms with Gasteiger partial charge in [-0.25, -0.2) is 4.39 Å². The number of thiophene rings is 1. The fourth-order valence-electron chi connectivity index (χ4n) is 2.64. The molecule has 1 N–H and O–H groups in total. The molecule has 2 heterocycles. The lowest BCUT2D eigenvalue weighted by Crippen LogP contribution is -2.36. The summed E-state index contributed by atoms with van der Waals surface area (Å²) in [5.74, 6) is -1.38. The Labute approximate surface area is 131 Å². The summed E-state index contributed by atoms with van der Waals surface area (Å²) in [7, 11) is 1.72. The van der Waals surface area contributed by atoms with Crippen LogP contribution in [0.5, 0.6) is 0 Å². The van der Waals surface area contributed by atoms with Crippen LogP contribution in [0.3, 0.4) is 0 Å². The maximum Gasteiger partial charge on any atom is 0.230 e. The summed E-state index contributed by atoms with van der Waals surface area (Å²) in [5.41, 5.74) is 1.06. The van der Waals surface area contributed by atoms with Crippen molar-refractivity contribution in [2.24, 2.45) is 0 Å². The fraction of sp³-hybridized carbons (Fsp3) is 0.250. The summed E-state index contributed by atoms with van der Waals surface area (Å²) in [5, 5.41) is 4.58. The largest absolute Gasteiger partial charge is 0.340 e. The molecule has 0 spiro atoms. The van der Waals surface area contributed by atoms with Crippen molar-refractivity contribution in [1.82, 2.24) is 4.90 Å². The van der Waals surface area contributed by atoms with Crippen LogP contribution >= 0.6 is 11.3 Å². The molecule has 1 aromatic carbocycles. The van der Waals surface area contributed by atoms with Gasteiger partial charge in [-0.3, -0.25) is 9.59 Å². The van der Waals surface area contributed by atoms with E-state index in [4.69, 9.17) is 0 Å². The number of halogens is 1. The van der Waals surface area contributed by atoms with E-state index in [0.717, 1.165) is 4.88 Å². The van der Waals surface area contributed by atoms with E-state index < -0.39 is 11.7 Å². The SMILES string of the molecule is CN(Cc1cccs1)C(=O)C1CC(=O)Nc2cc(F)ccc21. The molecule has 2 amide bonds. The highest BCUT2D eigenvalue weighted by Gasteiger charge is 2.32. The number of hydrogen-bond donors (Lipinski definition) is 1. The monoisotopic (exact) mass is 318 g/mol. The second kappa shape index (κ2) is 5.88. The second-order valence-corrected chi connectivity index (χ2v) is 6.34. The number of fused-ring (bicyclic) bond motifs is 1. The van der Waals surface area contributed by atoms with Crippen molar-refractivity contribution in [3.05, 3.63) is 52.0 Å². The molecule has 0 saturated carbocycles. The quantitative estimate of drug-likeness (QED) is 0.946. The van der Waals surface area contributed by atoms with Gasteiger partial charge in [-0.05, 0) is 29.1 Å². The summed E-state index contributed by atoms with van der Waals surface area (Å²) in [4.78, 5) is 27.2. The average molecular weight is 318 g/mol. The first-order chi connectivity index (χ1) is 10.5. The number of nitrogens with zero attached hydrogens (tertiary/aromatic N) is 1. The van der Waals surface area contributed by atoms with Crippen molar-refractivity contribution in [3.63, 3.8) is 0 Å². The molecule has 0 aliphatic carbocycles. The van der Waals surface area contributed by atoms with Gasteiger partial charge in [0.2, 0.25) is 11.8 Å².